The fourth-order valence-corrected chi connectivity index (χ4v) is 5.00. The molecule has 2 atom stereocenters. The fraction of sp³-hybridized carbons (Fsp3) is 0.500. The number of amides is 1. The number of fused-ring (bicyclic) bond motifs is 1. The molecule has 2 unspecified atom stereocenters. The second-order valence-corrected chi connectivity index (χ2v) is 7.80. The highest BCUT2D eigenvalue weighted by atomic mass is 32.1. The third kappa shape index (κ3) is 2.52. The molecule has 5 heteroatoms. The van der Waals surface area contributed by atoms with E-state index in [9.17, 15) is 9.90 Å². The minimum Gasteiger partial charge on any atom is -0.391 e. The van der Waals surface area contributed by atoms with Crippen LogP contribution in [0.4, 0.5) is 0 Å². The Bertz CT molecular complexity index is 720. The van der Waals surface area contributed by atoms with Gasteiger partial charge in [-0.2, -0.15) is 0 Å². The van der Waals surface area contributed by atoms with E-state index >= 15 is 0 Å². The first-order valence-electron chi connectivity index (χ1n) is 8.40. The van der Waals surface area contributed by atoms with Gasteiger partial charge in [-0.1, -0.05) is 6.92 Å². The molecule has 0 saturated carbocycles. The van der Waals surface area contributed by atoms with Crippen molar-refractivity contribution >= 4 is 17.2 Å². The van der Waals surface area contributed by atoms with Crippen LogP contribution in [0.15, 0.2) is 24.5 Å². The molecule has 0 bridgehead atoms. The average molecular weight is 330 g/mol. The van der Waals surface area contributed by atoms with Gasteiger partial charge in [0, 0.05) is 30.4 Å². The highest BCUT2D eigenvalue weighted by molar-refractivity contribution is 7.15. The van der Waals surface area contributed by atoms with Crippen molar-refractivity contribution < 1.29 is 9.90 Å². The number of nitrogens with zero attached hydrogens (tertiary/aromatic N) is 2. The number of rotatable bonds is 2. The molecule has 2 aliphatic rings. The van der Waals surface area contributed by atoms with Gasteiger partial charge in [0.2, 0.25) is 0 Å². The van der Waals surface area contributed by atoms with Crippen molar-refractivity contribution in [2.75, 3.05) is 13.1 Å². The van der Waals surface area contributed by atoms with Crippen LogP contribution in [0, 0.1) is 5.92 Å². The SMILES string of the molecule is CC1CCN(C(=O)c2c(-n3cccc3)sc3c2CCC3)CC1O. The number of hydrogen-bond acceptors (Lipinski definition) is 3. The first-order chi connectivity index (χ1) is 11.1. The van der Waals surface area contributed by atoms with Gasteiger partial charge in [0.1, 0.15) is 5.00 Å². The van der Waals surface area contributed by atoms with E-state index in [1.807, 2.05) is 29.4 Å². The summed E-state index contributed by atoms with van der Waals surface area (Å²) in [6, 6.07) is 3.98. The number of aliphatic hydroxyl groups excluding tert-OH is 1. The summed E-state index contributed by atoms with van der Waals surface area (Å²) in [4.78, 5) is 16.4. The maximum absolute atomic E-state index is 13.2. The number of likely N-dealkylation sites (tertiary alicyclic amines) is 1. The number of carbonyl (C=O) groups excluding carboxylic acids is 1. The molecule has 2 aromatic heterocycles. The van der Waals surface area contributed by atoms with Gasteiger partial charge in [-0.05, 0) is 49.3 Å². The Hall–Kier alpha value is -1.59. The van der Waals surface area contributed by atoms with Crippen LogP contribution >= 0.6 is 11.3 Å². The van der Waals surface area contributed by atoms with Crippen LogP contribution in [0.3, 0.4) is 0 Å². The summed E-state index contributed by atoms with van der Waals surface area (Å²) in [7, 11) is 0. The molecule has 122 valence electrons. The van der Waals surface area contributed by atoms with Crippen molar-refractivity contribution in [3.63, 3.8) is 0 Å². The minimum atomic E-state index is -0.408. The first kappa shape index (κ1) is 15.0. The van der Waals surface area contributed by atoms with Gasteiger partial charge in [0.05, 0.1) is 11.7 Å². The standard InChI is InChI=1S/C18H22N2O2S/c1-12-7-10-20(11-14(12)21)17(22)16-13-5-4-6-15(13)23-18(16)19-8-2-3-9-19/h2-3,8-9,12,14,21H,4-7,10-11H2,1H3. The second kappa shape index (κ2) is 5.80. The van der Waals surface area contributed by atoms with Crippen LogP contribution in [0.2, 0.25) is 0 Å². The predicted octanol–water partition coefficient (Wildman–Crippen LogP) is 2.87. The quantitative estimate of drug-likeness (QED) is 0.920. The Morgan fingerprint density at radius 1 is 1.30 bits per heavy atom. The summed E-state index contributed by atoms with van der Waals surface area (Å²) in [5, 5.41) is 11.2. The smallest absolute Gasteiger partial charge is 0.257 e. The zero-order valence-electron chi connectivity index (χ0n) is 13.4. The zero-order chi connectivity index (χ0) is 16.0. The van der Waals surface area contributed by atoms with Gasteiger partial charge < -0.3 is 14.6 Å². The number of β-amino-alcohol motifs (C(OH)–C–C–N with tert-alkyl or cyclic N) is 1. The van der Waals surface area contributed by atoms with E-state index in [4.69, 9.17) is 0 Å². The Morgan fingerprint density at radius 3 is 2.83 bits per heavy atom. The van der Waals surface area contributed by atoms with Crippen molar-refractivity contribution in [1.82, 2.24) is 9.47 Å². The third-order valence-electron chi connectivity index (χ3n) is 5.16. The number of piperidine rings is 1. The van der Waals surface area contributed by atoms with Gasteiger partial charge in [-0.3, -0.25) is 4.79 Å². The molecule has 1 aliphatic heterocycles. The number of aryl methyl sites for hydroxylation is 1. The van der Waals surface area contributed by atoms with Crippen LogP contribution in [-0.4, -0.2) is 39.7 Å². The van der Waals surface area contributed by atoms with E-state index in [0.717, 1.165) is 42.8 Å². The fourth-order valence-electron chi connectivity index (χ4n) is 3.65. The van der Waals surface area contributed by atoms with E-state index in [1.54, 1.807) is 11.3 Å². The second-order valence-electron chi connectivity index (χ2n) is 6.71. The van der Waals surface area contributed by atoms with Crippen molar-refractivity contribution in [3.8, 4) is 5.00 Å². The Morgan fingerprint density at radius 2 is 2.09 bits per heavy atom. The van der Waals surface area contributed by atoms with E-state index in [-0.39, 0.29) is 11.8 Å². The minimum absolute atomic E-state index is 0.0963. The van der Waals surface area contributed by atoms with Crippen LogP contribution < -0.4 is 0 Å². The molecule has 4 rings (SSSR count). The highest BCUT2D eigenvalue weighted by Crippen LogP contribution is 2.39. The summed E-state index contributed by atoms with van der Waals surface area (Å²) in [6.07, 6.45) is 7.71. The predicted molar refractivity (Wildman–Crippen MR) is 91.4 cm³/mol. The third-order valence-corrected chi connectivity index (χ3v) is 6.47. The van der Waals surface area contributed by atoms with Crippen LogP contribution in [0.1, 0.15) is 40.6 Å². The molecular weight excluding hydrogens is 308 g/mol. The van der Waals surface area contributed by atoms with E-state index in [2.05, 4.69) is 11.5 Å². The zero-order valence-corrected chi connectivity index (χ0v) is 14.2. The molecule has 0 radical (unpaired) electrons. The number of carbonyl (C=O) groups is 1. The molecule has 1 aliphatic carbocycles. The lowest BCUT2D eigenvalue weighted by Crippen LogP contribution is -2.46. The highest BCUT2D eigenvalue weighted by Gasteiger charge is 2.33. The number of thiophene rings is 1. The van der Waals surface area contributed by atoms with E-state index < -0.39 is 6.10 Å². The lowest BCUT2D eigenvalue weighted by atomic mass is 9.95. The van der Waals surface area contributed by atoms with Gasteiger partial charge in [0.15, 0.2) is 0 Å². The topological polar surface area (TPSA) is 45.5 Å². The molecule has 23 heavy (non-hydrogen) atoms. The first-order valence-corrected chi connectivity index (χ1v) is 9.22. The van der Waals surface area contributed by atoms with E-state index in [0.29, 0.717) is 6.54 Å². The molecule has 1 fully saturated rings. The summed E-state index contributed by atoms with van der Waals surface area (Å²) in [5.74, 6) is 0.371. The molecule has 1 N–H and O–H groups in total. The van der Waals surface area contributed by atoms with Crippen molar-refractivity contribution in [2.24, 2.45) is 5.92 Å². The lowest BCUT2D eigenvalue weighted by Gasteiger charge is -2.34. The molecule has 0 aromatic carbocycles. The monoisotopic (exact) mass is 330 g/mol. The van der Waals surface area contributed by atoms with Crippen LogP contribution in [-0.2, 0) is 12.8 Å². The largest absolute Gasteiger partial charge is 0.391 e. The molecule has 3 heterocycles. The molecule has 4 nitrogen and oxygen atoms in total. The molecule has 1 saturated heterocycles. The van der Waals surface area contributed by atoms with Gasteiger partial charge in [-0.25, -0.2) is 0 Å². The van der Waals surface area contributed by atoms with Crippen LogP contribution in [0.25, 0.3) is 5.00 Å². The Kier molecular flexibility index (Phi) is 3.77. The van der Waals surface area contributed by atoms with Gasteiger partial charge >= 0.3 is 0 Å². The molecular formula is C18H22N2O2S. The molecule has 2 aromatic rings. The lowest BCUT2D eigenvalue weighted by molar-refractivity contribution is 0.0248. The molecule has 0 spiro atoms. The Balaban J connectivity index is 1.72. The maximum atomic E-state index is 13.2. The van der Waals surface area contributed by atoms with Gasteiger partial charge in [0.25, 0.3) is 5.91 Å². The Labute approximate surface area is 140 Å². The van der Waals surface area contributed by atoms with Crippen molar-refractivity contribution in [3.05, 3.63) is 40.5 Å². The number of aliphatic hydroxyl groups is 1. The summed E-state index contributed by atoms with van der Waals surface area (Å²) in [5.41, 5.74) is 2.12. The summed E-state index contributed by atoms with van der Waals surface area (Å²) in [6.45, 7) is 3.25. The summed E-state index contributed by atoms with van der Waals surface area (Å²) >= 11 is 1.75. The average Bonchev–Trinajstić information content (AvgIpc) is 3.24. The maximum Gasteiger partial charge on any atom is 0.257 e. The van der Waals surface area contributed by atoms with Crippen molar-refractivity contribution in [2.45, 2.75) is 38.7 Å². The van der Waals surface area contributed by atoms with E-state index in [1.165, 1.54) is 10.4 Å². The number of aromatic nitrogens is 1. The normalized spacial score (nSPS) is 24.0. The molecule has 1 amide bonds. The summed E-state index contributed by atoms with van der Waals surface area (Å²) < 4.78 is 2.05. The van der Waals surface area contributed by atoms with Crippen LogP contribution in [0.5, 0.6) is 0 Å². The van der Waals surface area contributed by atoms with Gasteiger partial charge in [-0.15, -0.1) is 11.3 Å². The number of hydrogen-bond donors (Lipinski definition) is 1. The van der Waals surface area contributed by atoms with Crippen molar-refractivity contribution in [1.29, 1.82) is 0 Å².